The van der Waals surface area contributed by atoms with Gasteiger partial charge in [-0.3, -0.25) is 0 Å². The topological polar surface area (TPSA) is 12.0 Å². The lowest BCUT2D eigenvalue weighted by molar-refractivity contribution is -0.144. The van der Waals surface area contributed by atoms with Crippen LogP contribution in [0.25, 0.3) is 0 Å². The van der Waals surface area contributed by atoms with Crippen molar-refractivity contribution in [3.63, 3.8) is 0 Å². The van der Waals surface area contributed by atoms with Gasteiger partial charge in [0.25, 0.3) is 0 Å². The molecule has 212 valence electrons. The Kier molecular flexibility index (Phi) is 7.54. The zero-order valence-electron chi connectivity index (χ0n) is 20.2. The number of benzene rings is 2. The molecule has 1 heterocycles. The van der Waals surface area contributed by atoms with Crippen molar-refractivity contribution in [1.29, 1.82) is 0 Å². The molecule has 2 aromatic carbocycles. The van der Waals surface area contributed by atoms with Crippen LogP contribution in [0, 0.1) is 0 Å². The Balaban J connectivity index is 2.58. The molecule has 0 saturated carbocycles. The highest BCUT2D eigenvalue weighted by Crippen LogP contribution is 2.51. The molecule has 0 radical (unpaired) electrons. The largest absolute Gasteiger partial charge is 0.416 e. The van der Waals surface area contributed by atoms with Crippen LogP contribution >= 0.6 is 0 Å². The van der Waals surface area contributed by atoms with E-state index in [4.69, 9.17) is 0 Å². The van der Waals surface area contributed by atoms with Gasteiger partial charge < -0.3 is 5.32 Å². The second-order valence-electron chi connectivity index (χ2n) is 10.3. The Morgan fingerprint density at radius 3 is 1.05 bits per heavy atom. The summed E-state index contributed by atoms with van der Waals surface area (Å²) in [7, 11) is -3.34. The molecule has 1 atom stereocenters. The highest BCUT2D eigenvalue weighted by molar-refractivity contribution is 6.80. The molecule has 1 N–H and O–H groups in total. The second kappa shape index (κ2) is 9.46. The molecule has 14 heteroatoms. The molecule has 0 spiro atoms. The van der Waals surface area contributed by atoms with Crippen molar-refractivity contribution < 1.29 is 52.7 Å². The van der Waals surface area contributed by atoms with Crippen LogP contribution < -0.4 is 5.32 Å². The second-order valence-corrected chi connectivity index (χ2v) is 15.6. The molecule has 0 amide bonds. The van der Waals surface area contributed by atoms with Gasteiger partial charge in [-0.05, 0) is 66.9 Å². The molecule has 1 nitrogen and oxygen atoms in total. The van der Waals surface area contributed by atoms with Gasteiger partial charge in [-0.2, -0.15) is 52.7 Å². The van der Waals surface area contributed by atoms with Crippen molar-refractivity contribution in [2.45, 2.75) is 68.3 Å². The van der Waals surface area contributed by atoms with Gasteiger partial charge in [-0.15, -0.1) is 0 Å². The molecule has 1 saturated heterocycles. The summed E-state index contributed by atoms with van der Waals surface area (Å²) in [6.07, 6.45) is -20.6. The van der Waals surface area contributed by atoms with Crippen molar-refractivity contribution in [3.05, 3.63) is 69.8 Å². The van der Waals surface area contributed by atoms with E-state index in [9.17, 15) is 52.7 Å². The average molecular weight is 582 g/mol. The van der Waals surface area contributed by atoms with Gasteiger partial charge in [-0.1, -0.05) is 19.6 Å². The van der Waals surface area contributed by atoms with Crippen molar-refractivity contribution in [3.8, 4) is 0 Å². The average Bonchev–Trinajstić information content (AvgIpc) is 3.25. The van der Waals surface area contributed by atoms with Crippen molar-refractivity contribution in [2.75, 3.05) is 6.54 Å². The summed E-state index contributed by atoms with van der Waals surface area (Å²) < 4.78 is 165. The molecular weight excluding hydrogens is 558 g/mol. The molecule has 1 aliphatic heterocycles. The van der Waals surface area contributed by atoms with Crippen LogP contribution in [0.5, 0.6) is 0 Å². The summed E-state index contributed by atoms with van der Waals surface area (Å²) in [6, 6.07) is 0.412. The fourth-order valence-corrected chi connectivity index (χ4v) is 8.69. The first-order valence-corrected chi connectivity index (χ1v) is 14.8. The summed E-state index contributed by atoms with van der Waals surface area (Å²) in [6.45, 7) is 4.71. The molecule has 0 bridgehead atoms. The van der Waals surface area contributed by atoms with Crippen LogP contribution in [0.3, 0.4) is 0 Å². The SMILES string of the molecule is C[Si](C)(C)C(c1cc(C(F)(F)F)cc(C(F)(F)F)c1)(c1cc(C(F)(F)F)cc(C(F)(F)F)c1)[C@@H]1CCCN1. The van der Waals surface area contributed by atoms with E-state index >= 15 is 0 Å². The van der Waals surface area contributed by atoms with Crippen LogP contribution in [0.15, 0.2) is 36.4 Å². The van der Waals surface area contributed by atoms with E-state index in [0.717, 1.165) is 0 Å². The third kappa shape index (κ3) is 5.70. The van der Waals surface area contributed by atoms with Gasteiger partial charge >= 0.3 is 24.7 Å². The van der Waals surface area contributed by atoms with E-state index < -0.39 is 77.2 Å². The standard InChI is InChI=1S/C24H23F12NSi/c1-38(2,3)20(19-5-4-6-37-19,13-7-15(21(25,26)27)11-16(8-13)22(28,29)30)14-9-17(23(31,32)33)12-18(10-14)24(34,35)36/h7-12,19,37H,4-6H2,1-3H3/t19-/m0/s1. The molecule has 1 fully saturated rings. The summed E-state index contributed by atoms with van der Waals surface area (Å²) in [5.74, 6) is 0. The van der Waals surface area contributed by atoms with Gasteiger partial charge in [0.1, 0.15) is 0 Å². The van der Waals surface area contributed by atoms with Crippen molar-refractivity contribution >= 4 is 8.07 Å². The van der Waals surface area contributed by atoms with Gasteiger partial charge in [0.2, 0.25) is 0 Å². The zero-order valence-corrected chi connectivity index (χ0v) is 21.2. The smallest absolute Gasteiger partial charge is 0.313 e. The van der Waals surface area contributed by atoms with Crippen LogP contribution in [-0.2, 0) is 29.7 Å². The Bertz CT molecular complexity index is 1020. The lowest BCUT2D eigenvalue weighted by atomic mass is 9.80. The third-order valence-electron chi connectivity index (χ3n) is 6.85. The maximum absolute atomic E-state index is 13.8. The highest BCUT2D eigenvalue weighted by atomic mass is 28.3. The number of hydrogen-bond acceptors (Lipinski definition) is 1. The fourth-order valence-electron chi connectivity index (χ4n) is 5.38. The predicted molar refractivity (Wildman–Crippen MR) is 118 cm³/mol. The van der Waals surface area contributed by atoms with Crippen LogP contribution in [0.4, 0.5) is 52.7 Å². The Morgan fingerprint density at radius 2 is 0.842 bits per heavy atom. The normalized spacial score (nSPS) is 18.2. The number of hydrogen-bond donors (Lipinski definition) is 1. The van der Waals surface area contributed by atoms with E-state index in [0.29, 0.717) is 30.7 Å². The highest BCUT2D eigenvalue weighted by Gasteiger charge is 2.55. The summed E-state index contributed by atoms with van der Waals surface area (Å²) in [5.41, 5.74) is -8.08. The van der Waals surface area contributed by atoms with Gasteiger partial charge in [0, 0.05) is 11.1 Å². The molecule has 0 aromatic heterocycles. The van der Waals surface area contributed by atoms with Crippen LogP contribution in [-0.4, -0.2) is 20.7 Å². The first-order chi connectivity index (χ1) is 17.0. The van der Waals surface area contributed by atoms with E-state index in [-0.39, 0.29) is 25.1 Å². The molecular formula is C24H23F12NSi. The quantitative estimate of drug-likeness (QED) is 0.282. The Morgan fingerprint density at radius 1 is 0.553 bits per heavy atom. The number of alkyl halides is 12. The first kappa shape index (κ1) is 30.3. The van der Waals surface area contributed by atoms with Crippen molar-refractivity contribution in [1.82, 2.24) is 5.32 Å². The Labute approximate surface area is 211 Å². The number of nitrogens with one attached hydrogen (secondary N) is 1. The maximum Gasteiger partial charge on any atom is 0.416 e. The van der Waals surface area contributed by atoms with E-state index in [1.54, 1.807) is 0 Å². The molecule has 0 unspecified atom stereocenters. The minimum Gasteiger partial charge on any atom is -0.313 e. The third-order valence-corrected chi connectivity index (χ3v) is 10.1. The molecule has 38 heavy (non-hydrogen) atoms. The summed E-state index contributed by atoms with van der Waals surface area (Å²) in [4.78, 5) is 0. The number of halogens is 12. The van der Waals surface area contributed by atoms with E-state index in [1.807, 2.05) is 0 Å². The summed E-state index contributed by atoms with van der Waals surface area (Å²) >= 11 is 0. The predicted octanol–water partition coefficient (Wildman–Crippen LogP) is 8.68. The minimum atomic E-state index is -5.27. The van der Waals surface area contributed by atoms with Crippen LogP contribution in [0.2, 0.25) is 19.6 Å². The molecule has 1 aliphatic rings. The maximum atomic E-state index is 13.8. The summed E-state index contributed by atoms with van der Waals surface area (Å²) in [5, 5.41) is 0.908. The molecule has 3 rings (SSSR count). The fraction of sp³-hybridized carbons (Fsp3) is 0.500. The number of rotatable bonds is 4. The van der Waals surface area contributed by atoms with Gasteiger partial charge in [-0.25, -0.2) is 0 Å². The van der Waals surface area contributed by atoms with Gasteiger partial charge in [0.15, 0.2) is 0 Å². The lowest BCUT2D eigenvalue weighted by Crippen LogP contribution is -2.61. The van der Waals surface area contributed by atoms with E-state index in [2.05, 4.69) is 5.32 Å². The lowest BCUT2D eigenvalue weighted by Gasteiger charge is -2.50. The monoisotopic (exact) mass is 581 g/mol. The van der Waals surface area contributed by atoms with Crippen LogP contribution in [0.1, 0.15) is 46.2 Å². The van der Waals surface area contributed by atoms with Gasteiger partial charge in [0.05, 0.1) is 30.3 Å². The molecule has 0 aliphatic carbocycles. The zero-order chi connectivity index (χ0) is 29.1. The molecule has 2 aromatic rings. The van der Waals surface area contributed by atoms with Crippen molar-refractivity contribution in [2.24, 2.45) is 0 Å². The minimum absolute atomic E-state index is 0.111. The first-order valence-electron chi connectivity index (χ1n) is 11.3. The van der Waals surface area contributed by atoms with E-state index in [1.165, 1.54) is 19.6 Å². The Hall–Kier alpha value is -2.22.